The molecule has 1 heterocycles. The minimum atomic E-state index is -0.490. The molecule has 5 nitrogen and oxygen atoms in total. The van der Waals surface area contributed by atoms with Crippen LogP contribution in [0, 0.1) is 0 Å². The molecule has 1 aliphatic heterocycles. The third kappa shape index (κ3) is 4.61. The molecule has 1 aliphatic carbocycles. The molecular weight excluding hydrogens is 342 g/mol. The van der Waals surface area contributed by atoms with Crippen LogP contribution in [-0.2, 0) is 11.2 Å². The number of aliphatic hydroxyl groups excluding tert-OH is 1. The van der Waals surface area contributed by atoms with E-state index in [0.717, 1.165) is 37.3 Å². The summed E-state index contributed by atoms with van der Waals surface area (Å²) < 4.78 is 17.7. The Hall–Kier alpha value is -2.08. The maximum absolute atomic E-state index is 10.3. The lowest BCUT2D eigenvalue weighted by molar-refractivity contribution is -0.666. The Morgan fingerprint density at radius 2 is 1.93 bits per heavy atom. The van der Waals surface area contributed by atoms with E-state index >= 15 is 0 Å². The number of ether oxygens (including phenoxy) is 3. The van der Waals surface area contributed by atoms with Crippen molar-refractivity contribution in [1.29, 1.82) is 0 Å². The average molecular weight is 370 g/mol. The van der Waals surface area contributed by atoms with Gasteiger partial charge in [0.1, 0.15) is 25.8 Å². The van der Waals surface area contributed by atoms with Crippen molar-refractivity contribution in [3.63, 3.8) is 0 Å². The van der Waals surface area contributed by atoms with Crippen LogP contribution in [0.2, 0.25) is 0 Å². The van der Waals surface area contributed by atoms with Crippen LogP contribution in [0.25, 0.3) is 0 Å². The third-order valence-electron chi connectivity index (χ3n) is 5.24. The van der Waals surface area contributed by atoms with Gasteiger partial charge in [-0.1, -0.05) is 36.4 Å². The number of rotatable bonds is 7. The van der Waals surface area contributed by atoms with Gasteiger partial charge in [0.05, 0.1) is 12.7 Å². The van der Waals surface area contributed by atoms with Gasteiger partial charge in [-0.2, -0.15) is 0 Å². The molecule has 0 bridgehead atoms. The van der Waals surface area contributed by atoms with Gasteiger partial charge in [0.25, 0.3) is 0 Å². The fourth-order valence-corrected chi connectivity index (χ4v) is 3.83. The van der Waals surface area contributed by atoms with Gasteiger partial charge in [0.15, 0.2) is 17.6 Å². The van der Waals surface area contributed by atoms with Crippen molar-refractivity contribution in [1.82, 2.24) is 0 Å². The number of hydrogen-bond acceptors (Lipinski definition) is 4. The molecular formula is C22H28NO4+. The van der Waals surface area contributed by atoms with Crippen LogP contribution in [-0.4, -0.2) is 43.6 Å². The van der Waals surface area contributed by atoms with Gasteiger partial charge >= 0.3 is 0 Å². The Morgan fingerprint density at radius 3 is 2.85 bits per heavy atom. The fraction of sp³-hybridized carbons (Fsp3) is 0.455. The van der Waals surface area contributed by atoms with E-state index < -0.39 is 6.10 Å². The Labute approximate surface area is 160 Å². The van der Waals surface area contributed by atoms with Gasteiger partial charge in [-0.3, -0.25) is 0 Å². The summed E-state index contributed by atoms with van der Waals surface area (Å²) in [5.74, 6) is 1.59. The third-order valence-corrected chi connectivity index (χ3v) is 5.24. The lowest BCUT2D eigenvalue weighted by atomic mass is 9.89. The summed E-state index contributed by atoms with van der Waals surface area (Å²) in [6, 6.07) is 16.2. The molecule has 0 saturated heterocycles. The smallest absolute Gasteiger partial charge is 0.181 e. The highest BCUT2D eigenvalue weighted by Crippen LogP contribution is 2.32. The average Bonchev–Trinajstić information content (AvgIpc) is 2.72. The molecule has 4 rings (SSSR count). The van der Waals surface area contributed by atoms with Crippen molar-refractivity contribution in [2.45, 2.75) is 37.6 Å². The van der Waals surface area contributed by atoms with Gasteiger partial charge < -0.3 is 24.6 Å². The van der Waals surface area contributed by atoms with Crippen molar-refractivity contribution in [2.24, 2.45) is 0 Å². The number of quaternary nitrogens is 1. The Morgan fingerprint density at radius 1 is 1.11 bits per heavy atom. The molecule has 27 heavy (non-hydrogen) atoms. The summed E-state index contributed by atoms with van der Waals surface area (Å²) in [4.78, 5) is 0. The molecule has 0 unspecified atom stereocenters. The zero-order valence-corrected chi connectivity index (χ0v) is 15.5. The molecule has 2 aromatic carbocycles. The summed E-state index contributed by atoms with van der Waals surface area (Å²) in [5, 5.41) is 12.4. The van der Waals surface area contributed by atoms with E-state index in [2.05, 4.69) is 29.6 Å². The molecule has 0 saturated carbocycles. The van der Waals surface area contributed by atoms with Crippen LogP contribution in [0.5, 0.6) is 11.5 Å². The SMILES string of the molecule is O[C@H](C[NH2+]C[C@@H]1COc2ccccc2O1)CO[C@H]1CCCc2ccccc21. The summed E-state index contributed by atoms with van der Waals surface area (Å²) in [5.41, 5.74) is 2.66. The molecule has 5 heteroatoms. The summed E-state index contributed by atoms with van der Waals surface area (Å²) in [6.07, 6.45) is 2.91. The quantitative estimate of drug-likeness (QED) is 0.781. The second-order valence-electron chi connectivity index (χ2n) is 7.32. The first-order valence-electron chi connectivity index (χ1n) is 9.87. The first-order chi connectivity index (χ1) is 13.3. The van der Waals surface area contributed by atoms with Crippen LogP contribution in [0.4, 0.5) is 0 Å². The minimum Gasteiger partial charge on any atom is -0.486 e. The summed E-state index contributed by atoms with van der Waals surface area (Å²) in [7, 11) is 0. The standard InChI is InChI=1S/C22H27NO4/c24-17(14-25-20-11-5-7-16-6-1-2-8-19(16)20)12-23-13-18-15-26-21-9-3-4-10-22(21)27-18/h1-4,6,8-10,17-18,20,23-24H,5,7,11-15H2/p+1/t17-,18-,20+/m1/s1. The Kier molecular flexibility index (Phi) is 5.92. The van der Waals surface area contributed by atoms with Crippen molar-refractivity contribution in [2.75, 3.05) is 26.3 Å². The van der Waals surface area contributed by atoms with Crippen molar-refractivity contribution >= 4 is 0 Å². The fourth-order valence-electron chi connectivity index (χ4n) is 3.83. The number of fused-ring (bicyclic) bond motifs is 2. The van der Waals surface area contributed by atoms with Crippen LogP contribution < -0.4 is 14.8 Å². The number of para-hydroxylation sites is 2. The second-order valence-corrected chi connectivity index (χ2v) is 7.32. The van der Waals surface area contributed by atoms with E-state index in [1.54, 1.807) is 0 Å². The second kappa shape index (κ2) is 8.74. The normalized spacial score (nSPS) is 22.1. The van der Waals surface area contributed by atoms with Gasteiger partial charge in [-0.05, 0) is 42.5 Å². The summed E-state index contributed by atoms with van der Waals surface area (Å²) in [6.45, 7) is 2.24. The van der Waals surface area contributed by atoms with Crippen molar-refractivity contribution < 1.29 is 24.6 Å². The molecule has 0 fully saturated rings. The molecule has 0 radical (unpaired) electrons. The van der Waals surface area contributed by atoms with Gasteiger partial charge in [0, 0.05) is 0 Å². The Balaban J connectivity index is 1.18. The summed E-state index contributed by atoms with van der Waals surface area (Å²) >= 11 is 0. The van der Waals surface area contributed by atoms with Gasteiger partial charge in [-0.25, -0.2) is 0 Å². The highest BCUT2D eigenvalue weighted by atomic mass is 16.6. The topological polar surface area (TPSA) is 64.5 Å². The van der Waals surface area contributed by atoms with E-state index in [0.29, 0.717) is 19.8 Å². The van der Waals surface area contributed by atoms with Crippen molar-refractivity contribution in [3.8, 4) is 11.5 Å². The first-order valence-corrected chi connectivity index (χ1v) is 9.87. The van der Waals surface area contributed by atoms with Crippen LogP contribution in [0.3, 0.4) is 0 Å². The Bertz CT molecular complexity index is 751. The number of nitrogens with two attached hydrogens (primary N) is 1. The highest BCUT2D eigenvalue weighted by Gasteiger charge is 2.24. The molecule has 0 spiro atoms. The van der Waals surface area contributed by atoms with E-state index in [1.807, 2.05) is 24.3 Å². The number of aliphatic hydroxyl groups is 1. The van der Waals surface area contributed by atoms with Gasteiger partial charge in [-0.15, -0.1) is 0 Å². The number of aryl methyl sites for hydroxylation is 1. The molecule has 3 atom stereocenters. The molecule has 2 aromatic rings. The monoisotopic (exact) mass is 370 g/mol. The largest absolute Gasteiger partial charge is 0.486 e. The van der Waals surface area contributed by atoms with Crippen LogP contribution in [0.1, 0.15) is 30.1 Å². The minimum absolute atomic E-state index is 0.00163. The zero-order chi connectivity index (χ0) is 18.5. The molecule has 2 aliphatic rings. The highest BCUT2D eigenvalue weighted by molar-refractivity contribution is 5.40. The van der Waals surface area contributed by atoms with E-state index in [1.165, 1.54) is 11.1 Å². The van der Waals surface area contributed by atoms with Crippen LogP contribution in [0.15, 0.2) is 48.5 Å². The lowest BCUT2D eigenvalue weighted by Crippen LogP contribution is -2.89. The zero-order valence-electron chi connectivity index (χ0n) is 15.5. The predicted octanol–water partition coefficient (Wildman–Crippen LogP) is 1.84. The molecule has 0 aromatic heterocycles. The maximum atomic E-state index is 10.3. The molecule has 0 amide bonds. The number of hydrogen-bond donors (Lipinski definition) is 2. The van der Waals surface area contributed by atoms with Crippen molar-refractivity contribution in [3.05, 3.63) is 59.7 Å². The molecule has 144 valence electrons. The molecule has 3 N–H and O–H groups in total. The number of benzene rings is 2. The maximum Gasteiger partial charge on any atom is 0.181 e. The van der Waals surface area contributed by atoms with E-state index in [4.69, 9.17) is 14.2 Å². The predicted molar refractivity (Wildman–Crippen MR) is 102 cm³/mol. The first kappa shape index (κ1) is 18.3. The lowest BCUT2D eigenvalue weighted by Gasteiger charge is -2.27. The van der Waals surface area contributed by atoms with Gasteiger partial charge in [0.2, 0.25) is 0 Å². The van der Waals surface area contributed by atoms with E-state index in [-0.39, 0.29) is 12.2 Å². The van der Waals surface area contributed by atoms with Crippen LogP contribution >= 0.6 is 0 Å². The van der Waals surface area contributed by atoms with E-state index in [9.17, 15) is 5.11 Å².